The molecule has 0 saturated carbocycles. The van der Waals surface area contributed by atoms with Crippen molar-refractivity contribution >= 4 is 41.3 Å². The molecule has 0 aromatic carbocycles. The number of hydrogen-bond donors (Lipinski definition) is 1. The minimum atomic E-state index is 0. The van der Waals surface area contributed by atoms with Gasteiger partial charge in [0.25, 0.3) is 0 Å². The molecule has 26 heavy (non-hydrogen) atoms. The van der Waals surface area contributed by atoms with E-state index in [-0.39, 0.29) is 24.0 Å². The fourth-order valence-corrected chi connectivity index (χ4v) is 4.56. The molecular formula is C20H37IN4S. The van der Waals surface area contributed by atoms with Crippen LogP contribution in [0.25, 0.3) is 0 Å². The lowest BCUT2D eigenvalue weighted by Gasteiger charge is -2.35. The van der Waals surface area contributed by atoms with Gasteiger partial charge in [0, 0.05) is 45.2 Å². The predicted molar refractivity (Wildman–Crippen MR) is 126 cm³/mol. The average Bonchev–Trinajstić information content (AvgIpc) is 3.08. The molecule has 0 radical (unpaired) electrons. The minimum absolute atomic E-state index is 0. The van der Waals surface area contributed by atoms with Gasteiger partial charge in [0.15, 0.2) is 5.96 Å². The van der Waals surface area contributed by atoms with E-state index in [1.165, 1.54) is 43.8 Å². The molecule has 1 aromatic heterocycles. The van der Waals surface area contributed by atoms with Gasteiger partial charge in [-0.1, -0.05) is 19.9 Å². The Labute approximate surface area is 181 Å². The maximum Gasteiger partial charge on any atom is 0.193 e. The van der Waals surface area contributed by atoms with Crippen LogP contribution in [-0.4, -0.2) is 62.6 Å². The maximum atomic E-state index is 4.42. The van der Waals surface area contributed by atoms with Crippen molar-refractivity contribution in [3.63, 3.8) is 0 Å². The number of likely N-dealkylation sites (N-methyl/N-ethyl adjacent to an activating group) is 1. The van der Waals surface area contributed by atoms with Crippen molar-refractivity contribution in [3.8, 4) is 0 Å². The van der Waals surface area contributed by atoms with Crippen molar-refractivity contribution in [2.45, 2.75) is 39.5 Å². The normalized spacial score (nSPS) is 21.3. The van der Waals surface area contributed by atoms with Crippen molar-refractivity contribution in [2.75, 3.05) is 46.8 Å². The van der Waals surface area contributed by atoms with Gasteiger partial charge in [-0.3, -0.25) is 4.99 Å². The fourth-order valence-electron chi connectivity index (χ4n) is 3.86. The lowest BCUT2D eigenvalue weighted by Crippen LogP contribution is -2.41. The Morgan fingerprint density at radius 2 is 2.04 bits per heavy atom. The third-order valence-corrected chi connectivity index (χ3v) is 5.91. The molecule has 150 valence electrons. The third-order valence-electron chi connectivity index (χ3n) is 4.98. The number of unbranched alkanes of at least 4 members (excludes halogenated alkanes) is 1. The number of nitrogens with one attached hydrogen (secondary N) is 1. The van der Waals surface area contributed by atoms with Crippen LogP contribution in [0.4, 0.5) is 0 Å². The minimum Gasteiger partial charge on any atom is -0.356 e. The van der Waals surface area contributed by atoms with Gasteiger partial charge in [0.2, 0.25) is 0 Å². The van der Waals surface area contributed by atoms with Crippen LogP contribution in [0, 0.1) is 11.8 Å². The van der Waals surface area contributed by atoms with E-state index in [9.17, 15) is 0 Å². The number of likely N-dealkylation sites (tertiary alicyclic amines) is 1. The van der Waals surface area contributed by atoms with E-state index in [1.54, 1.807) is 0 Å². The van der Waals surface area contributed by atoms with Gasteiger partial charge in [-0.05, 0) is 55.5 Å². The Balaban J connectivity index is 0.00000338. The van der Waals surface area contributed by atoms with Crippen LogP contribution in [0.5, 0.6) is 0 Å². The molecule has 6 heteroatoms. The van der Waals surface area contributed by atoms with Gasteiger partial charge >= 0.3 is 0 Å². The van der Waals surface area contributed by atoms with Gasteiger partial charge in [0.1, 0.15) is 0 Å². The molecule has 1 aliphatic rings. The Morgan fingerprint density at radius 1 is 1.31 bits per heavy atom. The molecule has 1 aromatic rings. The molecule has 2 heterocycles. The molecule has 1 aliphatic heterocycles. The average molecular weight is 493 g/mol. The summed E-state index contributed by atoms with van der Waals surface area (Å²) in [5.41, 5.74) is 0. The zero-order valence-corrected chi connectivity index (χ0v) is 20.1. The molecule has 0 bridgehead atoms. The molecule has 1 N–H and O–H groups in total. The molecule has 2 atom stereocenters. The molecule has 2 unspecified atom stereocenters. The van der Waals surface area contributed by atoms with Crippen LogP contribution >= 0.6 is 35.3 Å². The van der Waals surface area contributed by atoms with Crippen molar-refractivity contribution in [1.29, 1.82) is 0 Å². The van der Waals surface area contributed by atoms with Crippen LogP contribution in [0.3, 0.4) is 0 Å². The number of rotatable bonds is 8. The van der Waals surface area contributed by atoms with Gasteiger partial charge in [0.05, 0.1) is 0 Å². The lowest BCUT2D eigenvalue weighted by molar-refractivity contribution is 0.139. The maximum absolute atomic E-state index is 4.42. The predicted octanol–water partition coefficient (Wildman–Crippen LogP) is 4.17. The first kappa shape index (κ1) is 23.7. The smallest absolute Gasteiger partial charge is 0.193 e. The number of hydrogen-bond acceptors (Lipinski definition) is 3. The summed E-state index contributed by atoms with van der Waals surface area (Å²) in [7, 11) is 4.00. The quantitative estimate of drug-likeness (QED) is 0.256. The summed E-state index contributed by atoms with van der Waals surface area (Å²) in [5.74, 6) is 2.73. The Kier molecular flexibility index (Phi) is 11.8. The first-order valence-corrected chi connectivity index (χ1v) is 10.6. The molecular weight excluding hydrogens is 455 g/mol. The largest absolute Gasteiger partial charge is 0.356 e. The van der Waals surface area contributed by atoms with E-state index < -0.39 is 0 Å². The molecule has 0 aliphatic carbocycles. The van der Waals surface area contributed by atoms with E-state index >= 15 is 0 Å². The fraction of sp³-hybridized carbons (Fsp3) is 0.750. The first-order chi connectivity index (χ1) is 12.1. The number of aliphatic imine (C=N–C) groups is 1. The summed E-state index contributed by atoms with van der Waals surface area (Å²) in [6, 6.07) is 4.33. The number of halogens is 1. The summed E-state index contributed by atoms with van der Waals surface area (Å²) in [4.78, 5) is 10.7. The van der Waals surface area contributed by atoms with Crippen LogP contribution < -0.4 is 5.32 Å². The van der Waals surface area contributed by atoms with E-state index in [4.69, 9.17) is 0 Å². The SMILES string of the molecule is CN=C(NCCCCN1CC(C)CC(C)C1)N(C)CCc1cccs1.I. The van der Waals surface area contributed by atoms with Crippen molar-refractivity contribution in [3.05, 3.63) is 22.4 Å². The second-order valence-electron chi connectivity index (χ2n) is 7.64. The van der Waals surface area contributed by atoms with E-state index in [2.05, 4.69) is 58.5 Å². The molecule has 4 nitrogen and oxygen atoms in total. The second kappa shape index (κ2) is 12.9. The standard InChI is InChI=1S/C20H36N4S.HI/c1-17-14-18(2)16-24(15-17)11-6-5-10-22-20(21-3)23(4)12-9-19-8-7-13-25-19;/h7-8,13,17-18H,5-6,9-12,14-16H2,1-4H3,(H,21,22);1H. The summed E-state index contributed by atoms with van der Waals surface area (Å²) >= 11 is 1.83. The number of thiophene rings is 1. The topological polar surface area (TPSA) is 30.9 Å². The highest BCUT2D eigenvalue weighted by molar-refractivity contribution is 14.0. The summed E-state index contributed by atoms with van der Waals surface area (Å²) in [6.07, 6.45) is 4.95. The van der Waals surface area contributed by atoms with Gasteiger partial charge in [-0.2, -0.15) is 0 Å². The van der Waals surface area contributed by atoms with Crippen LogP contribution in [0.2, 0.25) is 0 Å². The lowest BCUT2D eigenvalue weighted by atomic mass is 9.92. The summed E-state index contributed by atoms with van der Waals surface area (Å²) in [6.45, 7) is 10.6. The van der Waals surface area contributed by atoms with E-state index in [0.717, 1.165) is 37.3 Å². The Bertz CT molecular complexity index is 496. The van der Waals surface area contributed by atoms with Crippen LogP contribution in [0.1, 0.15) is 38.0 Å². The summed E-state index contributed by atoms with van der Waals surface area (Å²) in [5, 5.41) is 5.66. The third kappa shape index (κ3) is 8.57. The first-order valence-electron chi connectivity index (χ1n) is 9.75. The summed E-state index contributed by atoms with van der Waals surface area (Å²) < 4.78 is 0. The van der Waals surface area contributed by atoms with Crippen molar-refractivity contribution in [2.24, 2.45) is 16.8 Å². The number of nitrogens with zero attached hydrogens (tertiary/aromatic N) is 3. The van der Waals surface area contributed by atoms with Gasteiger partial charge < -0.3 is 15.1 Å². The van der Waals surface area contributed by atoms with Crippen molar-refractivity contribution in [1.82, 2.24) is 15.1 Å². The zero-order chi connectivity index (χ0) is 18.1. The van der Waals surface area contributed by atoms with Crippen LogP contribution in [0.15, 0.2) is 22.5 Å². The number of guanidine groups is 1. The molecule has 0 amide bonds. The highest BCUT2D eigenvalue weighted by atomic mass is 127. The van der Waals surface area contributed by atoms with Crippen LogP contribution in [-0.2, 0) is 6.42 Å². The molecule has 2 rings (SSSR count). The van der Waals surface area contributed by atoms with Gasteiger partial charge in [-0.15, -0.1) is 35.3 Å². The van der Waals surface area contributed by atoms with E-state index in [0.29, 0.717) is 0 Å². The highest BCUT2D eigenvalue weighted by Crippen LogP contribution is 2.20. The second-order valence-corrected chi connectivity index (χ2v) is 8.67. The van der Waals surface area contributed by atoms with Crippen molar-refractivity contribution < 1.29 is 0 Å². The highest BCUT2D eigenvalue weighted by Gasteiger charge is 2.20. The molecule has 0 spiro atoms. The molecule has 1 fully saturated rings. The monoisotopic (exact) mass is 492 g/mol. The van der Waals surface area contributed by atoms with Gasteiger partial charge in [-0.25, -0.2) is 0 Å². The van der Waals surface area contributed by atoms with E-state index in [1.807, 2.05) is 18.4 Å². The molecule has 1 saturated heterocycles. The number of piperidine rings is 1. The Hall–Kier alpha value is -0.340. The zero-order valence-electron chi connectivity index (χ0n) is 16.9. The Morgan fingerprint density at radius 3 is 2.65 bits per heavy atom.